The van der Waals surface area contributed by atoms with Crippen LogP contribution in [-0.4, -0.2) is 17.6 Å². The highest BCUT2D eigenvalue weighted by molar-refractivity contribution is 6.07. The summed E-state index contributed by atoms with van der Waals surface area (Å²) in [5.74, 6) is 1.33. The summed E-state index contributed by atoms with van der Waals surface area (Å²) in [7, 11) is 1.62. The lowest BCUT2D eigenvalue weighted by atomic mass is 10.1. The second-order valence-corrected chi connectivity index (χ2v) is 5.69. The van der Waals surface area contributed by atoms with Crippen molar-refractivity contribution in [3.63, 3.8) is 0 Å². The SMILES string of the molecule is COc1ccc2c(c1)c(C(=O)NCc1ccco1)cn2C(C)C. The quantitative estimate of drug-likeness (QED) is 0.780. The van der Waals surface area contributed by atoms with E-state index in [0.717, 1.165) is 22.4 Å². The number of ether oxygens (including phenoxy) is 1. The number of rotatable bonds is 5. The van der Waals surface area contributed by atoms with E-state index in [0.29, 0.717) is 12.1 Å². The largest absolute Gasteiger partial charge is 0.497 e. The predicted octanol–water partition coefficient (Wildman–Crippen LogP) is 3.75. The maximum absolute atomic E-state index is 12.6. The lowest BCUT2D eigenvalue weighted by Gasteiger charge is -2.09. The summed E-state index contributed by atoms with van der Waals surface area (Å²) in [5.41, 5.74) is 1.66. The van der Waals surface area contributed by atoms with E-state index in [1.165, 1.54) is 0 Å². The molecule has 0 aliphatic carbocycles. The number of nitrogens with one attached hydrogen (secondary N) is 1. The van der Waals surface area contributed by atoms with Crippen molar-refractivity contribution in [3.05, 3.63) is 54.1 Å². The van der Waals surface area contributed by atoms with Crippen LogP contribution in [0, 0.1) is 0 Å². The van der Waals surface area contributed by atoms with Gasteiger partial charge < -0.3 is 19.0 Å². The highest BCUT2D eigenvalue weighted by Crippen LogP contribution is 2.28. The maximum atomic E-state index is 12.6. The summed E-state index contributed by atoms with van der Waals surface area (Å²) in [4.78, 5) is 12.6. The van der Waals surface area contributed by atoms with E-state index in [2.05, 4.69) is 23.7 Å². The van der Waals surface area contributed by atoms with Gasteiger partial charge in [0.15, 0.2) is 0 Å². The van der Waals surface area contributed by atoms with Crippen LogP contribution in [0.4, 0.5) is 0 Å². The van der Waals surface area contributed by atoms with Gasteiger partial charge in [0.2, 0.25) is 0 Å². The minimum atomic E-state index is -0.126. The van der Waals surface area contributed by atoms with E-state index in [1.807, 2.05) is 30.5 Å². The molecule has 1 amide bonds. The summed E-state index contributed by atoms with van der Waals surface area (Å²) < 4.78 is 12.6. The van der Waals surface area contributed by atoms with E-state index >= 15 is 0 Å². The third kappa shape index (κ3) is 2.95. The Morgan fingerprint density at radius 2 is 2.17 bits per heavy atom. The van der Waals surface area contributed by atoms with Crippen LogP contribution in [0.2, 0.25) is 0 Å². The van der Waals surface area contributed by atoms with Gasteiger partial charge in [0, 0.05) is 23.1 Å². The Morgan fingerprint density at radius 3 is 2.83 bits per heavy atom. The molecular weight excluding hydrogens is 292 g/mol. The zero-order valence-corrected chi connectivity index (χ0v) is 13.5. The topological polar surface area (TPSA) is 56.4 Å². The molecule has 0 unspecified atom stereocenters. The van der Waals surface area contributed by atoms with Crippen LogP contribution in [0.1, 0.15) is 36.0 Å². The third-order valence-corrected chi connectivity index (χ3v) is 3.84. The third-order valence-electron chi connectivity index (χ3n) is 3.84. The molecule has 1 N–H and O–H groups in total. The number of carbonyl (C=O) groups excluding carboxylic acids is 1. The summed E-state index contributed by atoms with van der Waals surface area (Å²) in [6, 6.07) is 9.69. The van der Waals surface area contributed by atoms with Crippen molar-refractivity contribution in [2.24, 2.45) is 0 Å². The Bertz CT molecular complexity index is 816. The summed E-state index contributed by atoms with van der Waals surface area (Å²) in [5, 5.41) is 3.78. The molecule has 0 saturated heterocycles. The normalized spacial score (nSPS) is 11.1. The van der Waals surface area contributed by atoms with Crippen LogP contribution in [-0.2, 0) is 6.54 Å². The molecule has 120 valence electrons. The van der Waals surface area contributed by atoms with Gasteiger partial charge in [-0.15, -0.1) is 0 Å². The average molecular weight is 312 g/mol. The van der Waals surface area contributed by atoms with Crippen LogP contribution < -0.4 is 10.1 Å². The number of nitrogens with zero attached hydrogens (tertiary/aromatic N) is 1. The number of benzene rings is 1. The van der Waals surface area contributed by atoms with Crippen LogP contribution in [0.25, 0.3) is 10.9 Å². The predicted molar refractivity (Wildman–Crippen MR) is 88.8 cm³/mol. The van der Waals surface area contributed by atoms with Gasteiger partial charge in [-0.1, -0.05) is 0 Å². The molecule has 2 aromatic heterocycles. The molecule has 3 aromatic rings. The molecule has 0 bridgehead atoms. The molecular formula is C18H20N2O3. The number of furan rings is 1. The zero-order valence-electron chi connectivity index (χ0n) is 13.5. The Labute approximate surface area is 134 Å². The van der Waals surface area contributed by atoms with Crippen molar-refractivity contribution in [1.82, 2.24) is 9.88 Å². The summed E-state index contributed by atoms with van der Waals surface area (Å²) >= 11 is 0. The Balaban J connectivity index is 1.96. The number of amides is 1. The van der Waals surface area contributed by atoms with Crippen molar-refractivity contribution in [3.8, 4) is 5.75 Å². The van der Waals surface area contributed by atoms with E-state index in [4.69, 9.17) is 9.15 Å². The molecule has 23 heavy (non-hydrogen) atoms. The fourth-order valence-electron chi connectivity index (χ4n) is 2.65. The van der Waals surface area contributed by atoms with Crippen LogP contribution in [0.5, 0.6) is 5.75 Å². The molecule has 3 rings (SSSR count). The number of hydrogen-bond donors (Lipinski definition) is 1. The second-order valence-electron chi connectivity index (χ2n) is 5.69. The number of methoxy groups -OCH3 is 1. The smallest absolute Gasteiger partial charge is 0.253 e. The van der Waals surface area contributed by atoms with Crippen molar-refractivity contribution >= 4 is 16.8 Å². The number of aromatic nitrogens is 1. The zero-order chi connectivity index (χ0) is 16.4. The van der Waals surface area contributed by atoms with Crippen molar-refractivity contribution in [1.29, 1.82) is 0 Å². The Kier molecular flexibility index (Phi) is 4.10. The highest BCUT2D eigenvalue weighted by atomic mass is 16.5. The van der Waals surface area contributed by atoms with E-state index < -0.39 is 0 Å². The number of hydrogen-bond acceptors (Lipinski definition) is 3. The van der Waals surface area contributed by atoms with Gasteiger partial charge in [-0.2, -0.15) is 0 Å². The van der Waals surface area contributed by atoms with Crippen molar-refractivity contribution < 1.29 is 13.9 Å². The Morgan fingerprint density at radius 1 is 1.35 bits per heavy atom. The molecule has 0 radical (unpaired) electrons. The molecule has 0 fully saturated rings. The molecule has 2 heterocycles. The summed E-state index contributed by atoms with van der Waals surface area (Å²) in [6.07, 6.45) is 3.49. The first kappa shape index (κ1) is 15.2. The van der Waals surface area contributed by atoms with Crippen molar-refractivity contribution in [2.75, 3.05) is 7.11 Å². The molecule has 5 heteroatoms. The van der Waals surface area contributed by atoms with Gasteiger partial charge >= 0.3 is 0 Å². The van der Waals surface area contributed by atoms with Gasteiger partial charge in [-0.05, 0) is 44.2 Å². The first-order valence-electron chi connectivity index (χ1n) is 7.59. The maximum Gasteiger partial charge on any atom is 0.253 e. The van der Waals surface area contributed by atoms with Gasteiger partial charge in [0.05, 0.1) is 25.5 Å². The lowest BCUT2D eigenvalue weighted by Crippen LogP contribution is -2.22. The monoisotopic (exact) mass is 312 g/mol. The molecule has 0 aliphatic heterocycles. The van der Waals surface area contributed by atoms with Crippen LogP contribution >= 0.6 is 0 Å². The molecule has 0 spiro atoms. The van der Waals surface area contributed by atoms with Crippen LogP contribution in [0.3, 0.4) is 0 Å². The minimum Gasteiger partial charge on any atom is -0.497 e. The van der Waals surface area contributed by atoms with Crippen LogP contribution in [0.15, 0.2) is 47.2 Å². The average Bonchev–Trinajstić information content (AvgIpc) is 3.19. The van der Waals surface area contributed by atoms with E-state index in [9.17, 15) is 4.79 Å². The molecule has 0 aliphatic rings. The van der Waals surface area contributed by atoms with Gasteiger partial charge in [0.25, 0.3) is 5.91 Å². The minimum absolute atomic E-state index is 0.126. The number of fused-ring (bicyclic) bond motifs is 1. The number of carbonyl (C=O) groups is 1. The second kappa shape index (κ2) is 6.20. The first-order chi connectivity index (χ1) is 11.1. The lowest BCUT2D eigenvalue weighted by molar-refractivity contribution is 0.0949. The summed E-state index contributed by atoms with van der Waals surface area (Å²) in [6.45, 7) is 4.55. The molecule has 1 aromatic carbocycles. The van der Waals surface area contributed by atoms with E-state index in [-0.39, 0.29) is 11.9 Å². The fourth-order valence-corrected chi connectivity index (χ4v) is 2.65. The van der Waals surface area contributed by atoms with Gasteiger partial charge in [-0.3, -0.25) is 4.79 Å². The molecule has 5 nitrogen and oxygen atoms in total. The fraction of sp³-hybridized carbons (Fsp3) is 0.278. The van der Waals surface area contributed by atoms with Gasteiger partial charge in [0.1, 0.15) is 11.5 Å². The molecule has 0 saturated carbocycles. The highest BCUT2D eigenvalue weighted by Gasteiger charge is 2.17. The first-order valence-corrected chi connectivity index (χ1v) is 7.59. The van der Waals surface area contributed by atoms with Gasteiger partial charge in [-0.25, -0.2) is 0 Å². The standard InChI is InChI=1S/C18H20N2O3/c1-12(2)20-11-16(15-9-13(22-3)6-7-17(15)20)18(21)19-10-14-5-4-8-23-14/h4-9,11-12H,10H2,1-3H3,(H,19,21). The Hall–Kier alpha value is -2.69. The van der Waals surface area contributed by atoms with E-state index in [1.54, 1.807) is 19.4 Å². The molecule has 0 atom stereocenters. The van der Waals surface area contributed by atoms with Crippen molar-refractivity contribution in [2.45, 2.75) is 26.4 Å².